The number of nitrogens with one attached hydrogen (secondary N) is 1. The van der Waals surface area contributed by atoms with Crippen molar-refractivity contribution >= 4 is 17.7 Å². The van der Waals surface area contributed by atoms with Gasteiger partial charge in [-0.1, -0.05) is 43.2 Å². The van der Waals surface area contributed by atoms with Gasteiger partial charge in [0.05, 0.1) is 11.5 Å². The van der Waals surface area contributed by atoms with E-state index in [-0.39, 0.29) is 5.91 Å². The second kappa shape index (κ2) is 9.25. The van der Waals surface area contributed by atoms with Gasteiger partial charge in [0.25, 0.3) is 0 Å². The van der Waals surface area contributed by atoms with Crippen LogP contribution < -0.4 is 5.32 Å². The SMILES string of the molecule is N#C/C=C/Sc1ccc(C2(C(=O)NC3CCCCC3)CCOCC2)cc1. The average molecular weight is 371 g/mol. The normalized spacial score (nSPS) is 20.6. The van der Waals surface area contributed by atoms with E-state index in [1.165, 1.54) is 37.1 Å². The molecule has 0 spiro atoms. The van der Waals surface area contributed by atoms with Crippen LogP contribution in [0.3, 0.4) is 0 Å². The Bertz CT molecular complexity index is 666. The lowest BCUT2D eigenvalue weighted by Crippen LogP contribution is -2.51. The quantitative estimate of drug-likeness (QED) is 0.619. The molecule has 0 radical (unpaired) electrons. The van der Waals surface area contributed by atoms with Crippen molar-refractivity contribution in [1.82, 2.24) is 5.32 Å². The topological polar surface area (TPSA) is 62.1 Å². The van der Waals surface area contributed by atoms with Gasteiger partial charge in [0, 0.05) is 30.2 Å². The minimum Gasteiger partial charge on any atom is -0.381 e. The first-order valence-corrected chi connectivity index (χ1v) is 10.3. The standard InChI is InChI=1S/C21H26N2O2S/c22-13-4-16-26-19-9-7-17(8-10-19)21(11-14-25-15-12-21)20(24)23-18-5-2-1-3-6-18/h4,7-10,16,18H,1-3,5-6,11-12,14-15H2,(H,23,24)/b16-4+. The molecule has 2 fully saturated rings. The van der Waals surface area contributed by atoms with Gasteiger partial charge in [-0.2, -0.15) is 5.26 Å². The van der Waals surface area contributed by atoms with Crippen molar-refractivity contribution in [3.05, 3.63) is 41.3 Å². The molecule has 5 heteroatoms. The van der Waals surface area contributed by atoms with Crippen molar-refractivity contribution in [3.8, 4) is 6.07 Å². The molecule has 0 unspecified atom stereocenters. The smallest absolute Gasteiger partial charge is 0.231 e. The Morgan fingerprint density at radius 3 is 2.54 bits per heavy atom. The average Bonchev–Trinajstić information content (AvgIpc) is 2.70. The fourth-order valence-electron chi connectivity index (χ4n) is 3.93. The van der Waals surface area contributed by atoms with Gasteiger partial charge in [-0.25, -0.2) is 0 Å². The van der Waals surface area contributed by atoms with Crippen LogP contribution in [0.5, 0.6) is 0 Å². The van der Waals surface area contributed by atoms with Crippen LogP contribution in [0.2, 0.25) is 0 Å². The molecule has 1 aromatic rings. The third-order valence-electron chi connectivity index (χ3n) is 5.47. The zero-order valence-electron chi connectivity index (χ0n) is 15.1. The lowest BCUT2D eigenvalue weighted by molar-refractivity contribution is -0.131. The van der Waals surface area contributed by atoms with E-state index in [0.29, 0.717) is 19.3 Å². The number of carbonyl (C=O) groups excluding carboxylic acids is 1. The minimum absolute atomic E-state index is 0.164. The molecule has 0 bridgehead atoms. The fraction of sp³-hybridized carbons (Fsp3) is 0.524. The Morgan fingerprint density at radius 1 is 1.19 bits per heavy atom. The summed E-state index contributed by atoms with van der Waals surface area (Å²) in [5, 5.41) is 13.7. The Kier molecular flexibility index (Phi) is 6.76. The molecule has 26 heavy (non-hydrogen) atoms. The predicted octanol–water partition coefficient (Wildman–Crippen LogP) is 4.31. The zero-order chi connectivity index (χ0) is 18.2. The van der Waals surface area contributed by atoms with Crippen LogP contribution in [0.1, 0.15) is 50.5 Å². The van der Waals surface area contributed by atoms with E-state index in [0.717, 1.165) is 36.1 Å². The summed E-state index contributed by atoms with van der Waals surface area (Å²) >= 11 is 1.51. The Labute approximate surface area is 160 Å². The van der Waals surface area contributed by atoms with Gasteiger partial charge in [0.15, 0.2) is 0 Å². The Balaban J connectivity index is 1.77. The number of amides is 1. The highest BCUT2D eigenvalue weighted by atomic mass is 32.2. The number of ether oxygens (including phenoxy) is 1. The van der Waals surface area contributed by atoms with Crippen molar-refractivity contribution < 1.29 is 9.53 Å². The van der Waals surface area contributed by atoms with Crippen molar-refractivity contribution in [1.29, 1.82) is 5.26 Å². The molecule has 1 heterocycles. The Hall–Kier alpha value is -1.77. The summed E-state index contributed by atoms with van der Waals surface area (Å²) in [6, 6.07) is 10.5. The molecule has 1 saturated carbocycles. The molecular formula is C21H26N2O2S. The predicted molar refractivity (Wildman–Crippen MR) is 104 cm³/mol. The van der Waals surface area contributed by atoms with Crippen molar-refractivity contribution in [2.24, 2.45) is 0 Å². The first-order valence-electron chi connectivity index (χ1n) is 9.45. The van der Waals surface area contributed by atoms with Gasteiger partial charge in [-0.05, 0) is 48.8 Å². The van der Waals surface area contributed by atoms with Crippen LogP contribution in [-0.2, 0) is 14.9 Å². The van der Waals surface area contributed by atoms with E-state index in [4.69, 9.17) is 10.00 Å². The third kappa shape index (κ3) is 4.49. The van der Waals surface area contributed by atoms with Crippen LogP contribution in [-0.4, -0.2) is 25.2 Å². The van der Waals surface area contributed by atoms with Crippen LogP contribution in [0.25, 0.3) is 0 Å². The highest BCUT2D eigenvalue weighted by molar-refractivity contribution is 8.02. The summed E-state index contributed by atoms with van der Waals surface area (Å²) in [4.78, 5) is 14.3. The molecule has 3 rings (SSSR count). The maximum atomic E-state index is 13.3. The molecular weight excluding hydrogens is 344 g/mol. The third-order valence-corrected chi connectivity index (χ3v) is 6.29. The minimum atomic E-state index is -0.485. The van der Waals surface area contributed by atoms with E-state index in [1.807, 2.05) is 18.2 Å². The molecule has 1 amide bonds. The number of thioether (sulfide) groups is 1. The largest absolute Gasteiger partial charge is 0.381 e. The van der Waals surface area contributed by atoms with Crippen molar-refractivity contribution in [3.63, 3.8) is 0 Å². The van der Waals surface area contributed by atoms with E-state index < -0.39 is 5.41 Å². The molecule has 1 N–H and O–H groups in total. The summed E-state index contributed by atoms with van der Waals surface area (Å²) in [5.74, 6) is 0.164. The molecule has 1 saturated heterocycles. The van der Waals surface area contributed by atoms with Crippen LogP contribution in [0, 0.1) is 11.3 Å². The molecule has 1 aliphatic carbocycles. The highest BCUT2D eigenvalue weighted by Crippen LogP contribution is 2.37. The second-order valence-corrected chi connectivity index (χ2v) is 8.06. The number of allylic oxidation sites excluding steroid dienone is 1. The first kappa shape index (κ1) is 19.0. The van der Waals surface area contributed by atoms with Gasteiger partial charge in [-0.3, -0.25) is 4.79 Å². The van der Waals surface area contributed by atoms with E-state index >= 15 is 0 Å². The van der Waals surface area contributed by atoms with Gasteiger partial charge in [0.2, 0.25) is 5.91 Å². The number of hydrogen-bond donors (Lipinski definition) is 1. The fourth-order valence-corrected chi connectivity index (χ4v) is 4.51. The van der Waals surface area contributed by atoms with Crippen molar-refractivity contribution in [2.75, 3.05) is 13.2 Å². The van der Waals surface area contributed by atoms with E-state index in [2.05, 4.69) is 17.4 Å². The van der Waals surface area contributed by atoms with E-state index in [1.54, 1.807) is 5.41 Å². The van der Waals surface area contributed by atoms with Crippen molar-refractivity contribution in [2.45, 2.75) is 61.3 Å². The maximum absolute atomic E-state index is 13.3. The molecule has 1 aliphatic heterocycles. The molecule has 4 nitrogen and oxygen atoms in total. The molecule has 0 atom stereocenters. The van der Waals surface area contributed by atoms with Gasteiger partial charge in [0.1, 0.15) is 0 Å². The molecule has 1 aromatic carbocycles. The number of carbonyl (C=O) groups is 1. The van der Waals surface area contributed by atoms with Crippen LogP contribution in [0.4, 0.5) is 0 Å². The Morgan fingerprint density at radius 2 is 1.88 bits per heavy atom. The lowest BCUT2D eigenvalue weighted by Gasteiger charge is -2.38. The number of benzene rings is 1. The summed E-state index contributed by atoms with van der Waals surface area (Å²) in [6.45, 7) is 1.25. The van der Waals surface area contributed by atoms with Crippen LogP contribution in [0.15, 0.2) is 40.6 Å². The highest BCUT2D eigenvalue weighted by Gasteiger charge is 2.42. The second-order valence-electron chi connectivity index (χ2n) is 7.08. The first-order chi connectivity index (χ1) is 12.7. The van der Waals surface area contributed by atoms with Gasteiger partial charge < -0.3 is 10.1 Å². The van der Waals surface area contributed by atoms with Gasteiger partial charge in [-0.15, -0.1) is 0 Å². The summed E-state index contributed by atoms with van der Waals surface area (Å²) in [6.07, 6.45) is 8.82. The summed E-state index contributed by atoms with van der Waals surface area (Å²) in [5.41, 5.74) is 0.587. The van der Waals surface area contributed by atoms with E-state index in [9.17, 15) is 4.79 Å². The molecule has 2 aliphatic rings. The number of rotatable bonds is 5. The summed E-state index contributed by atoms with van der Waals surface area (Å²) < 4.78 is 5.55. The van der Waals surface area contributed by atoms with Crippen LogP contribution >= 0.6 is 11.8 Å². The zero-order valence-corrected chi connectivity index (χ0v) is 15.9. The lowest BCUT2D eigenvalue weighted by atomic mass is 9.73. The number of nitrogens with zero attached hydrogens (tertiary/aromatic N) is 1. The monoisotopic (exact) mass is 370 g/mol. The number of nitriles is 1. The van der Waals surface area contributed by atoms with Gasteiger partial charge >= 0.3 is 0 Å². The molecule has 0 aromatic heterocycles. The number of hydrogen-bond acceptors (Lipinski definition) is 4. The maximum Gasteiger partial charge on any atom is 0.231 e. The molecule has 138 valence electrons. The summed E-state index contributed by atoms with van der Waals surface area (Å²) in [7, 11) is 0.